The van der Waals surface area contributed by atoms with Gasteiger partial charge in [-0.25, -0.2) is 0 Å². The maximum atomic E-state index is 5.89. The molecule has 0 unspecified atom stereocenters. The Balaban J connectivity index is 1.80. The van der Waals surface area contributed by atoms with Crippen LogP contribution in [0.15, 0.2) is 48.5 Å². The molecule has 94 valence electrons. The lowest BCUT2D eigenvalue weighted by atomic mass is 10.1. The third kappa shape index (κ3) is 3.50. The summed E-state index contributed by atoms with van der Waals surface area (Å²) in [5.74, 6) is 0. The quantitative estimate of drug-likeness (QED) is 0.555. The highest BCUT2D eigenvalue weighted by molar-refractivity contribution is 5.55. The van der Waals surface area contributed by atoms with Crippen molar-refractivity contribution in [3.05, 3.63) is 59.7 Å². The summed E-state index contributed by atoms with van der Waals surface area (Å²) in [6.45, 7) is 1.68. The van der Waals surface area contributed by atoms with Crippen LogP contribution in [0.1, 0.15) is 11.1 Å². The number of nitrogen functional groups attached to an aromatic ring is 2. The second kappa shape index (κ2) is 6.07. The van der Waals surface area contributed by atoms with Gasteiger partial charge >= 0.3 is 0 Å². The molecule has 5 N–H and O–H groups in total. The van der Waals surface area contributed by atoms with Gasteiger partial charge in [-0.3, -0.25) is 0 Å². The minimum absolute atomic E-state index is 0.754. The molecule has 0 spiro atoms. The Morgan fingerprint density at radius 1 is 0.944 bits per heavy atom. The van der Waals surface area contributed by atoms with Gasteiger partial charge in [-0.1, -0.05) is 30.3 Å². The van der Waals surface area contributed by atoms with Gasteiger partial charge in [0.25, 0.3) is 0 Å². The van der Waals surface area contributed by atoms with Crippen LogP contribution in [0.5, 0.6) is 0 Å². The van der Waals surface area contributed by atoms with E-state index in [2.05, 4.69) is 29.6 Å². The summed E-state index contributed by atoms with van der Waals surface area (Å²) >= 11 is 0. The average molecular weight is 241 g/mol. The van der Waals surface area contributed by atoms with Crippen molar-refractivity contribution in [3.63, 3.8) is 0 Å². The first kappa shape index (κ1) is 12.5. The van der Waals surface area contributed by atoms with E-state index in [1.807, 2.05) is 24.3 Å². The molecule has 3 heteroatoms. The fraction of sp³-hybridized carbons (Fsp3) is 0.200. The Labute approximate surface area is 108 Å². The molecule has 0 saturated carbocycles. The fourth-order valence-corrected chi connectivity index (χ4v) is 1.88. The van der Waals surface area contributed by atoms with Crippen LogP contribution in [0.2, 0.25) is 0 Å². The summed E-state index contributed by atoms with van der Waals surface area (Å²) < 4.78 is 0. The summed E-state index contributed by atoms with van der Waals surface area (Å²) in [5, 5.41) is 3.38. The van der Waals surface area contributed by atoms with Crippen LogP contribution < -0.4 is 16.8 Å². The zero-order valence-electron chi connectivity index (χ0n) is 10.4. The van der Waals surface area contributed by atoms with E-state index in [1.165, 1.54) is 5.56 Å². The first-order valence-electron chi connectivity index (χ1n) is 6.14. The Kier molecular flexibility index (Phi) is 4.20. The van der Waals surface area contributed by atoms with Gasteiger partial charge in [0.05, 0.1) is 0 Å². The van der Waals surface area contributed by atoms with Crippen molar-refractivity contribution in [1.82, 2.24) is 5.32 Å². The molecule has 0 aliphatic rings. The van der Waals surface area contributed by atoms with E-state index in [-0.39, 0.29) is 0 Å². The predicted octanol–water partition coefficient (Wildman–Crippen LogP) is 2.18. The van der Waals surface area contributed by atoms with Crippen molar-refractivity contribution >= 4 is 11.4 Å². The van der Waals surface area contributed by atoms with Crippen molar-refractivity contribution in [1.29, 1.82) is 0 Å². The molecular weight excluding hydrogens is 222 g/mol. The van der Waals surface area contributed by atoms with E-state index < -0.39 is 0 Å². The highest BCUT2D eigenvalue weighted by atomic mass is 14.8. The Hall–Kier alpha value is -2.00. The molecule has 0 amide bonds. The van der Waals surface area contributed by atoms with Crippen LogP contribution in [-0.2, 0) is 13.0 Å². The normalized spacial score (nSPS) is 10.4. The average Bonchev–Trinajstić information content (AvgIpc) is 2.40. The summed E-state index contributed by atoms with van der Waals surface area (Å²) in [6, 6.07) is 16.0. The van der Waals surface area contributed by atoms with Gasteiger partial charge in [-0.05, 0) is 42.3 Å². The second-order valence-electron chi connectivity index (χ2n) is 4.37. The molecule has 2 rings (SSSR count). The first-order chi connectivity index (χ1) is 8.75. The van der Waals surface area contributed by atoms with Gasteiger partial charge in [0.15, 0.2) is 0 Å². The minimum Gasteiger partial charge on any atom is -0.399 e. The molecule has 0 heterocycles. The van der Waals surface area contributed by atoms with E-state index >= 15 is 0 Å². The number of rotatable bonds is 5. The van der Waals surface area contributed by atoms with Gasteiger partial charge in [0.1, 0.15) is 0 Å². The van der Waals surface area contributed by atoms with E-state index in [4.69, 9.17) is 11.5 Å². The van der Waals surface area contributed by atoms with Crippen LogP contribution in [0.25, 0.3) is 0 Å². The first-order valence-corrected chi connectivity index (χ1v) is 6.14. The lowest BCUT2D eigenvalue weighted by Gasteiger charge is -2.08. The smallest absolute Gasteiger partial charge is 0.0361 e. The molecule has 2 aromatic rings. The highest BCUT2D eigenvalue weighted by Gasteiger charge is 1.99. The molecule has 0 bridgehead atoms. The van der Waals surface area contributed by atoms with Crippen molar-refractivity contribution in [3.8, 4) is 0 Å². The lowest BCUT2D eigenvalue weighted by Crippen LogP contribution is -2.17. The van der Waals surface area contributed by atoms with Gasteiger partial charge < -0.3 is 16.8 Å². The Morgan fingerprint density at radius 3 is 2.50 bits per heavy atom. The predicted molar refractivity (Wildman–Crippen MR) is 77.1 cm³/mol. The highest BCUT2D eigenvalue weighted by Crippen LogP contribution is 2.15. The van der Waals surface area contributed by atoms with Crippen LogP contribution in [-0.4, -0.2) is 6.54 Å². The molecule has 0 saturated heterocycles. The Morgan fingerprint density at radius 2 is 1.72 bits per heavy atom. The van der Waals surface area contributed by atoms with Gasteiger partial charge in [0.2, 0.25) is 0 Å². The number of anilines is 2. The van der Waals surface area contributed by atoms with Gasteiger partial charge in [0, 0.05) is 17.9 Å². The van der Waals surface area contributed by atoms with Crippen LogP contribution in [0.4, 0.5) is 11.4 Å². The van der Waals surface area contributed by atoms with Crippen molar-refractivity contribution < 1.29 is 0 Å². The van der Waals surface area contributed by atoms with Crippen molar-refractivity contribution in [2.75, 3.05) is 18.0 Å². The largest absolute Gasteiger partial charge is 0.399 e. The number of hydrogen-bond acceptors (Lipinski definition) is 3. The second-order valence-corrected chi connectivity index (χ2v) is 4.37. The fourth-order valence-electron chi connectivity index (χ4n) is 1.88. The summed E-state index contributed by atoms with van der Waals surface area (Å²) in [6.07, 6.45) is 1.02. The molecule has 0 aliphatic heterocycles. The van der Waals surface area contributed by atoms with Crippen molar-refractivity contribution in [2.45, 2.75) is 13.0 Å². The summed E-state index contributed by atoms with van der Waals surface area (Å²) in [4.78, 5) is 0. The SMILES string of the molecule is Nc1ccc(N)c(CNCCc2ccccc2)c1. The van der Waals surface area contributed by atoms with Crippen molar-refractivity contribution in [2.24, 2.45) is 0 Å². The lowest BCUT2D eigenvalue weighted by molar-refractivity contribution is 0.688. The van der Waals surface area contributed by atoms with Gasteiger partial charge in [-0.2, -0.15) is 0 Å². The van der Waals surface area contributed by atoms with E-state index in [1.54, 1.807) is 0 Å². The molecular formula is C15H19N3. The van der Waals surface area contributed by atoms with Crippen LogP contribution in [0, 0.1) is 0 Å². The zero-order valence-corrected chi connectivity index (χ0v) is 10.4. The maximum absolute atomic E-state index is 5.89. The zero-order chi connectivity index (χ0) is 12.8. The Bertz CT molecular complexity index is 494. The van der Waals surface area contributed by atoms with E-state index in [0.717, 1.165) is 36.4 Å². The molecule has 0 aliphatic carbocycles. The standard InChI is InChI=1S/C15H19N3/c16-14-6-7-15(17)13(10-14)11-18-9-8-12-4-2-1-3-5-12/h1-7,10,18H,8-9,11,16-17H2. The third-order valence-corrected chi connectivity index (χ3v) is 2.92. The van der Waals surface area contributed by atoms with Crippen LogP contribution in [0.3, 0.4) is 0 Å². The molecule has 18 heavy (non-hydrogen) atoms. The summed E-state index contributed by atoms with van der Waals surface area (Å²) in [7, 11) is 0. The van der Waals surface area contributed by atoms with Gasteiger partial charge in [-0.15, -0.1) is 0 Å². The minimum atomic E-state index is 0.754. The molecule has 2 aromatic carbocycles. The molecule has 0 aromatic heterocycles. The van der Waals surface area contributed by atoms with Crippen LogP contribution >= 0.6 is 0 Å². The maximum Gasteiger partial charge on any atom is 0.0361 e. The third-order valence-electron chi connectivity index (χ3n) is 2.92. The molecule has 0 fully saturated rings. The topological polar surface area (TPSA) is 64.1 Å². The summed E-state index contributed by atoms with van der Waals surface area (Å²) in [5.41, 5.74) is 15.6. The molecule has 0 atom stereocenters. The molecule has 3 nitrogen and oxygen atoms in total. The number of nitrogens with two attached hydrogens (primary N) is 2. The monoisotopic (exact) mass is 241 g/mol. The van der Waals surface area contributed by atoms with E-state index in [9.17, 15) is 0 Å². The number of benzene rings is 2. The van der Waals surface area contributed by atoms with E-state index in [0.29, 0.717) is 0 Å². The molecule has 0 radical (unpaired) electrons. The number of nitrogens with one attached hydrogen (secondary N) is 1. The number of hydrogen-bond donors (Lipinski definition) is 3.